The molecule has 0 aliphatic rings. The number of halogens is 1. The molecule has 0 radical (unpaired) electrons. The normalized spacial score (nSPS) is 13.9. The first-order chi connectivity index (χ1) is 16.9. The summed E-state index contributed by atoms with van der Waals surface area (Å²) in [5.41, 5.74) is 2.18. The molecule has 0 fully saturated rings. The minimum Gasteiger partial charge on any atom is -0.481 e. The number of carbonyl (C=O) groups is 1. The van der Waals surface area contributed by atoms with E-state index in [1.54, 1.807) is 35.0 Å². The van der Waals surface area contributed by atoms with E-state index in [0.29, 0.717) is 28.3 Å². The molecule has 36 heavy (non-hydrogen) atoms. The summed E-state index contributed by atoms with van der Waals surface area (Å²) in [5, 5.41) is 29.1. The minimum atomic E-state index is -3.47. The fourth-order valence-electron chi connectivity index (χ4n) is 3.79. The van der Waals surface area contributed by atoms with E-state index in [9.17, 15) is 27.8 Å². The summed E-state index contributed by atoms with van der Waals surface area (Å²) in [7, 11) is -3.47. The number of aliphatic hydroxyl groups excluding tert-OH is 2. The quantitative estimate of drug-likeness (QED) is 0.372. The van der Waals surface area contributed by atoms with Crippen LogP contribution in [0.2, 0.25) is 0 Å². The molecule has 8 nitrogen and oxygen atoms in total. The van der Waals surface area contributed by atoms with Gasteiger partial charge in [0.15, 0.2) is 9.84 Å². The molecule has 0 aliphatic heterocycles. The number of nitrogens with zero attached hydrogens (tertiary/aromatic N) is 2. The van der Waals surface area contributed by atoms with Gasteiger partial charge in [-0.1, -0.05) is 26.0 Å². The highest BCUT2D eigenvalue weighted by molar-refractivity contribution is 7.90. The third-order valence-electron chi connectivity index (χ3n) is 5.49. The van der Waals surface area contributed by atoms with E-state index in [1.165, 1.54) is 30.3 Å². The Bertz CT molecular complexity index is 1360. The van der Waals surface area contributed by atoms with Gasteiger partial charge in [-0.2, -0.15) is 0 Å². The second-order valence-electron chi connectivity index (χ2n) is 8.90. The van der Waals surface area contributed by atoms with E-state index in [0.717, 1.165) is 6.26 Å². The number of aliphatic hydroxyl groups is 2. The molecule has 3 rings (SSSR count). The zero-order valence-corrected chi connectivity index (χ0v) is 21.0. The van der Waals surface area contributed by atoms with Crippen LogP contribution in [0.4, 0.5) is 4.39 Å². The van der Waals surface area contributed by atoms with Crippen molar-refractivity contribution in [1.29, 1.82) is 0 Å². The van der Waals surface area contributed by atoms with Crippen molar-refractivity contribution < 1.29 is 32.9 Å². The molecule has 2 unspecified atom stereocenters. The largest absolute Gasteiger partial charge is 0.481 e. The number of aliphatic carboxylic acids is 1. The molecule has 0 bridgehead atoms. The Hall–Kier alpha value is -3.34. The van der Waals surface area contributed by atoms with Crippen molar-refractivity contribution in [3.8, 4) is 22.5 Å². The monoisotopic (exact) mass is 516 g/mol. The van der Waals surface area contributed by atoms with Crippen LogP contribution in [0.25, 0.3) is 28.7 Å². The van der Waals surface area contributed by atoms with Gasteiger partial charge in [0.2, 0.25) is 0 Å². The first-order valence-electron chi connectivity index (χ1n) is 11.3. The number of carboxylic acid groups (broad SMARTS) is 1. The highest BCUT2D eigenvalue weighted by Crippen LogP contribution is 2.36. The van der Waals surface area contributed by atoms with E-state index in [-0.39, 0.29) is 17.2 Å². The smallest absolute Gasteiger partial charge is 0.305 e. The molecule has 3 N–H and O–H groups in total. The molecule has 2 aromatic carbocycles. The summed E-state index contributed by atoms with van der Waals surface area (Å²) in [6.07, 6.45) is 1.08. The van der Waals surface area contributed by atoms with Crippen LogP contribution in [0, 0.1) is 5.82 Å². The summed E-state index contributed by atoms with van der Waals surface area (Å²) in [6.45, 7) is 3.84. The van der Waals surface area contributed by atoms with Crippen LogP contribution in [0.1, 0.15) is 38.4 Å². The van der Waals surface area contributed by atoms with E-state index < -0.39 is 40.3 Å². The minimum absolute atomic E-state index is 0.0876. The number of hydrogen-bond donors (Lipinski definition) is 3. The molecule has 0 amide bonds. The number of carboxylic acids is 1. The molecule has 0 spiro atoms. The van der Waals surface area contributed by atoms with Gasteiger partial charge in [0.25, 0.3) is 0 Å². The summed E-state index contributed by atoms with van der Waals surface area (Å²) in [5.74, 6) is -1.08. The molecule has 0 saturated heterocycles. The second-order valence-corrected chi connectivity index (χ2v) is 10.9. The lowest BCUT2D eigenvalue weighted by molar-refractivity contribution is -0.139. The van der Waals surface area contributed by atoms with Crippen molar-refractivity contribution in [1.82, 2.24) is 9.55 Å². The molecule has 0 saturated carbocycles. The summed E-state index contributed by atoms with van der Waals surface area (Å²) in [6, 6.07) is 12.2. The third kappa shape index (κ3) is 6.66. The number of aromatic nitrogens is 2. The van der Waals surface area contributed by atoms with Gasteiger partial charge in [0.1, 0.15) is 11.6 Å². The fraction of sp³-hybridized carbons (Fsp3) is 0.308. The van der Waals surface area contributed by atoms with Crippen molar-refractivity contribution in [3.05, 3.63) is 66.2 Å². The molecule has 3 aromatic rings. The van der Waals surface area contributed by atoms with Crippen LogP contribution in [0.5, 0.6) is 0 Å². The van der Waals surface area contributed by atoms with Gasteiger partial charge in [-0.25, -0.2) is 17.8 Å². The maximum atomic E-state index is 13.7. The lowest BCUT2D eigenvalue weighted by Gasteiger charge is -2.13. The number of hydrogen-bond acceptors (Lipinski definition) is 6. The molecule has 1 aromatic heterocycles. The van der Waals surface area contributed by atoms with Gasteiger partial charge in [-0.3, -0.25) is 4.79 Å². The zero-order chi connectivity index (χ0) is 26.6. The summed E-state index contributed by atoms with van der Waals surface area (Å²) in [4.78, 5) is 15.7. The van der Waals surface area contributed by atoms with Gasteiger partial charge >= 0.3 is 5.97 Å². The number of rotatable bonds is 10. The van der Waals surface area contributed by atoms with Crippen LogP contribution in [0.15, 0.2) is 59.5 Å². The van der Waals surface area contributed by atoms with E-state index in [2.05, 4.69) is 0 Å². The second kappa shape index (κ2) is 11.2. The van der Waals surface area contributed by atoms with E-state index in [1.807, 2.05) is 13.8 Å². The van der Waals surface area contributed by atoms with Gasteiger partial charge < -0.3 is 19.9 Å². The Labute approximate surface area is 209 Å². The van der Waals surface area contributed by atoms with Crippen LogP contribution in [-0.4, -0.2) is 57.7 Å². The highest BCUT2D eigenvalue weighted by atomic mass is 32.2. The Morgan fingerprint density at radius 1 is 1.11 bits per heavy atom. The Kier molecular flexibility index (Phi) is 8.44. The Balaban J connectivity index is 2.18. The topological polar surface area (TPSA) is 130 Å². The third-order valence-corrected chi connectivity index (χ3v) is 6.60. The molecule has 2 atom stereocenters. The van der Waals surface area contributed by atoms with Crippen LogP contribution < -0.4 is 0 Å². The standard InChI is InChI=1S/C26H29FN2O6S/c1-16(2)26-28-24(18-5-4-6-22(13-18)36(3,34)35)25(17-7-9-19(27)10-8-17)29(26)12-11-20(30)14-21(31)15-23(32)33/h4-13,16,20-21,30-31H,14-15H2,1-3H3,(H,32,33)/b12-11+. The van der Waals surface area contributed by atoms with E-state index in [4.69, 9.17) is 10.1 Å². The SMILES string of the molecule is CC(C)c1nc(-c2cccc(S(C)(=O)=O)c2)c(-c2ccc(F)cc2)n1/C=C/C(O)CC(O)CC(=O)O. The fourth-order valence-corrected chi connectivity index (χ4v) is 4.46. The highest BCUT2D eigenvalue weighted by Gasteiger charge is 2.22. The lowest BCUT2D eigenvalue weighted by Crippen LogP contribution is -2.19. The van der Waals surface area contributed by atoms with Crippen LogP contribution in [-0.2, 0) is 14.6 Å². The number of benzene rings is 2. The van der Waals surface area contributed by atoms with Gasteiger partial charge in [-0.15, -0.1) is 0 Å². The maximum absolute atomic E-state index is 13.7. The predicted molar refractivity (Wildman–Crippen MR) is 134 cm³/mol. The van der Waals surface area contributed by atoms with E-state index >= 15 is 0 Å². The van der Waals surface area contributed by atoms with Crippen molar-refractivity contribution in [2.24, 2.45) is 0 Å². The van der Waals surface area contributed by atoms with Crippen LogP contribution >= 0.6 is 0 Å². The van der Waals surface area contributed by atoms with Gasteiger partial charge in [0.05, 0.1) is 34.9 Å². The molecule has 10 heteroatoms. The average molecular weight is 517 g/mol. The molecular weight excluding hydrogens is 487 g/mol. The lowest BCUT2D eigenvalue weighted by atomic mass is 10.0. The molecular formula is C26H29FN2O6S. The first-order valence-corrected chi connectivity index (χ1v) is 13.2. The Morgan fingerprint density at radius 2 is 1.78 bits per heavy atom. The molecule has 0 aliphatic carbocycles. The maximum Gasteiger partial charge on any atom is 0.305 e. The van der Waals surface area contributed by atoms with Crippen molar-refractivity contribution in [3.63, 3.8) is 0 Å². The number of imidazole rings is 1. The van der Waals surface area contributed by atoms with Crippen molar-refractivity contribution in [2.75, 3.05) is 6.26 Å². The van der Waals surface area contributed by atoms with Crippen molar-refractivity contribution >= 4 is 22.0 Å². The van der Waals surface area contributed by atoms with Crippen molar-refractivity contribution in [2.45, 2.75) is 49.7 Å². The zero-order valence-electron chi connectivity index (χ0n) is 20.2. The predicted octanol–water partition coefficient (Wildman–Crippen LogP) is 3.94. The molecule has 192 valence electrons. The average Bonchev–Trinajstić information content (AvgIpc) is 3.17. The number of sulfone groups is 1. The van der Waals surface area contributed by atoms with Gasteiger partial charge in [0, 0.05) is 35.9 Å². The molecule has 1 heterocycles. The summed E-state index contributed by atoms with van der Waals surface area (Å²) < 4.78 is 39.8. The summed E-state index contributed by atoms with van der Waals surface area (Å²) >= 11 is 0. The Morgan fingerprint density at radius 3 is 2.36 bits per heavy atom. The van der Waals surface area contributed by atoms with Crippen LogP contribution in [0.3, 0.4) is 0 Å². The first kappa shape index (κ1) is 27.3. The van der Waals surface area contributed by atoms with Gasteiger partial charge in [-0.05, 0) is 42.5 Å².